The number of rotatable bonds is 3. The fraction of sp³-hybridized carbons (Fsp3) is 0.100. The van der Waals surface area contributed by atoms with Gasteiger partial charge in [-0.3, -0.25) is 0 Å². The molecule has 0 saturated heterocycles. The van der Waals surface area contributed by atoms with Crippen LogP contribution in [0.2, 0.25) is 0 Å². The molecule has 0 amide bonds. The summed E-state index contributed by atoms with van der Waals surface area (Å²) in [5.41, 5.74) is 0.410. The Morgan fingerprint density at radius 1 is 1.19 bits per heavy atom. The molecule has 0 aliphatic heterocycles. The van der Waals surface area contributed by atoms with Crippen LogP contribution in [0.25, 0.3) is 6.08 Å². The lowest BCUT2D eigenvalue weighted by Crippen LogP contribution is -1.99. The zero-order valence-corrected chi connectivity index (χ0v) is 9.23. The van der Waals surface area contributed by atoms with Crippen molar-refractivity contribution in [2.24, 2.45) is 0 Å². The lowest BCUT2D eigenvalue weighted by Gasteiger charge is -1.99. The van der Waals surface area contributed by atoms with Gasteiger partial charge in [-0.15, -0.1) is 0 Å². The maximum atomic E-state index is 11.1. The lowest BCUT2D eigenvalue weighted by molar-refractivity contribution is -0.135. The molecule has 0 fully saturated rings. The summed E-state index contributed by atoms with van der Waals surface area (Å²) in [4.78, 5) is 10.5. The van der Waals surface area contributed by atoms with Crippen LogP contribution in [0.3, 0.4) is 0 Å². The van der Waals surface area contributed by atoms with E-state index in [1.807, 2.05) is 0 Å². The number of carboxylic acid groups (broad SMARTS) is 1. The zero-order valence-electron chi connectivity index (χ0n) is 8.41. The van der Waals surface area contributed by atoms with E-state index in [4.69, 9.17) is 10.2 Å². The molecule has 1 aromatic carbocycles. The third-order valence-corrected chi connectivity index (χ3v) is 2.96. The van der Waals surface area contributed by atoms with Gasteiger partial charge in [0.2, 0.25) is 5.76 Å². The molecule has 16 heavy (non-hydrogen) atoms. The minimum atomic E-state index is -3.26. The smallest absolute Gasteiger partial charge is 0.370 e. The molecule has 0 unspecified atom stereocenters. The van der Waals surface area contributed by atoms with Crippen LogP contribution in [0.5, 0.6) is 0 Å². The van der Waals surface area contributed by atoms with Gasteiger partial charge in [0.05, 0.1) is 4.90 Å². The summed E-state index contributed by atoms with van der Waals surface area (Å²) in [6, 6.07) is 5.51. The molecule has 0 aliphatic carbocycles. The van der Waals surface area contributed by atoms with E-state index in [2.05, 4.69) is 0 Å². The van der Waals surface area contributed by atoms with Crippen LogP contribution in [0.1, 0.15) is 5.56 Å². The molecule has 1 aromatic rings. The van der Waals surface area contributed by atoms with Gasteiger partial charge >= 0.3 is 5.97 Å². The van der Waals surface area contributed by atoms with Crippen LogP contribution in [-0.2, 0) is 14.6 Å². The molecule has 0 heterocycles. The minimum Gasteiger partial charge on any atom is -0.502 e. The first kappa shape index (κ1) is 12.3. The molecule has 0 aromatic heterocycles. The number of carboxylic acids is 1. The highest BCUT2D eigenvalue weighted by Gasteiger charge is 2.07. The molecule has 1 rings (SSSR count). The molecule has 5 nitrogen and oxygen atoms in total. The molecule has 6 heteroatoms. The molecule has 0 aliphatic rings. The van der Waals surface area contributed by atoms with E-state index in [1.54, 1.807) is 0 Å². The monoisotopic (exact) mass is 242 g/mol. The molecular weight excluding hydrogens is 232 g/mol. The summed E-state index contributed by atoms with van der Waals surface area (Å²) in [7, 11) is -3.26. The molecule has 0 saturated carbocycles. The lowest BCUT2D eigenvalue weighted by atomic mass is 10.2. The van der Waals surface area contributed by atoms with Crippen molar-refractivity contribution in [1.82, 2.24) is 0 Å². The fourth-order valence-corrected chi connectivity index (χ4v) is 1.66. The first-order chi connectivity index (χ1) is 7.30. The number of aliphatic hydroxyl groups is 1. The van der Waals surface area contributed by atoms with Crippen LogP contribution in [0.4, 0.5) is 0 Å². The standard InChI is InChI=1S/C10H10O5S/c1-16(14,15)8-4-2-7(3-5-8)6-9(11)10(12)13/h2-6,11H,1H3,(H,12,13). The number of hydrogen-bond donors (Lipinski definition) is 2. The second kappa shape index (κ2) is 4.36. The SMILES string of the molecule is CS(=O)(=O)c1ccc(C=C(O)C(=O)O)cc1. The normalized spacial score (nSPS) is 12.4. The van der Waals surface area contributed by atoms with Crippen molar-refractivity contribution in [3.05, 3.63) is 35.6 Å². The highest BCUT2D eigenvalue weighted by Crippen LogP contribution is 2.12. The van der Waals surface area contributed by atoms with Gasteiger partial charge in [-0.1, -0.05) is 12.1 Å². The Kier molecular flexibility index (Phi) is 3.34. The van der Waals surface area contributed by atoms with Gasteiger partial charge in [0.15, 0.2) is 9.84 Å². The Bertz CT molecular complexity index is 525. The Labute approximate surface area is 92.6 Å². The van der Waals surface area contributed by atoms with E-state index in [9.17, 15) is 13.2 Å². The maximum Gasteiger partial charge on any atom is 0.370 e. The predicted octanol–water partition coefficient (Wildman–Crippen LogP) is 1.07. The average molecular weight is 242 g/mol. The molecule has 0 atom stereocenters. The number of hydrogen-bond acceptors (Lipinski definition) is 4. The summed E-state index contributed by atoms with van der Waals surface area (Å²) >= 11 is 0. The topological polar surface area (TPSA) is 91.7 Å². The number of carbonyl (C=O) groups is 1. The van der Waals surface area contributed by atoms with Crippen molar-refractivity contribution in [3.8, 4) is 0 Å². The Hall–Kier alpha value is -1.82. The van der Waals surface area contributed by atoms with Crippen molar-refractivity contribution in [3.63, 3.8) is 0 Å². The first-order valence-electron chi connectivity index (χ1n) is 4.25. The second-order valence-corrected chi connectivity index (χ2v) is 5.19. The van der Waals surface area contributed by atoms with Gasteiger partial charge in [-0.2, -0.15) is 0 Å². The maximum absolute atomic E-state index is 11.1. The molecule has 2 N–H and O–H groups in total. The Balaban J connectivity index is 3.06. The average Bonchev–Trinajstić information content (AvgIpc) is 2.17. The summed E-state index contributed by atoms with van der Waals surface area (Å²) in [6.07, 6.45) is 2.11. The molecule has 86 valence electrons. The predicted molar refractivity (Wildman–Crippen MR) is 57.8 cm³/mol. The summed E-state index contributed by atoms with van der Waals surface area (Å²) in [6.45, 7) is 0. The van der Waals surface area contributed by atoms with Crippen LogP contribution < -0.4 is 0 Å². The van der Waals surface area contributed by atoms with Gasteiger partial charge in [-0.05, 0) is 23.8 Å². The fourth-order valence-electron chi connectivity index (χ4n) is 1.03. The third-order valence-electron chi connectivity index (χ3n) is 1.83. The molecule has 0 bridgehead atoms. The molecule has 0 spiro atoms. The van der Waals surface area contributed by atoms with E-state index < -0.39 is 21.6 Å². The van der Waals surface area contributed by atoms with Gasteiger partial charge in [0.1, 0.15) is 0 Å². The third kappa shape index (κ3) is 3.09. The summed E-state index contributed by atoms with van der Waals surface area (Å²) in [5, 5.41) is 17.4. The second-order valence-electron chi connectivity index (χ2n) is 3.18. The number of aliphatic carboxylic acids is 1. The van der Waals surface area contributed by atoms with Crippen molar-refractivity contribution >= 4 is 21.9 Å². The van der Waals surface area contributed by atoms with Gasteiger partial charge in [-0.25, -0.2) is 13.2 Å². The highest BCUT2D eigenvalue weighted by atomic mass is 32.2. The van der Waals surface area contributed by atoms with Crippen LogP contribution in [0, 0.1) is 0 Å². The number of sulfone groups is 1. The first-order valence-corrected chi connectivity index (χ1v) is 6.14. The van der Waals surface area contributed by atoms with E-state index in [-0.39, 0.29) is 4.90 Å². The van der Waals surface area contributed by atoms with Gasteiger partial charge < -0.3 is 10.2 Å². The van der Waals surface area contributed by atoms with E-state index in [0.717, 1.165) is 12.3 Å². The van der Waals surface area contributed by atoms with Gasteiger partial charge in [0, 0.05) is 6.26 Å². The van der Waals surface area contributed by atoms with Crippen molar-refractivity contribution in [2.75, 3.05) is 6.26 Å². The minimum absolute atomic E-state index is 0.138. The van der Waals surface area contributed by atoms with Crippen LogP contribution in [-0.4, -0.2) is 30.9 Å². The Morgan fingerprint density at radius 2 is 1.69 bits per heavy atom. The van der Waals surface area contributed by atoms with Crippen LogP contribution in [0.15, 0.2) is 34.9 Å². The van der Waals surface area contributed by atoms with Crippen molar-refractivity contribution in [2.45, 2.75) is 4.90 Å². The van der Waals surface area contributed by atoms with Crippen molar-refractivity contribution < 1.29 is 23.4 Å². The van der Waals surface area contributed by atoms with E-state index >= 15 is 0 Å². The quantitative estimate of drug-likeness (QED) is 0.611. The largest absolute Gasteiger partial charge is 0.502 e. The van der Waals surface area contributed by atoms with E-state index in [1.165, 1.54) is 24.3 Å². The number of benzene rings is 1. The molecule has 0 radical (unpaired) electrons. The molecular formula is C10H10O5S. The summed E-state index contributed by atoms with van der Waals surface area (Å²) < 4.78 is 22.2. The summed E-state index contributed by atoms with van der Waals surface area (Å²) in [5.74, 6) is -2.24. The van der Waals surface area contributed by atoms with E-state index in [0.29, 0.717) is 5.56 Å². The van der Waals surface area contributed by atoms with Crippen molar-refractivity contribution in [1.29, 1.82) is 0 Å². The number of aliphatic hydroxyl groups excluding tert-OH is 1. The zero-order chi connectivity index (χ0) is 12.3. The Morgan fingerprint density at radius 3 is 2.06 bits per heavy atom. The highest BCUT2D eigenvalue weighted by molar-refractivity contribution is 7.90. The van der Waals surface area contributed by atoms with Crippen LogP contribution >= 0.6 is 0 Å². The van der Waals surface area contributed by atoms with Gasteiger partial charge in [0.25, 0.3) is 0 Å².